The number of rotatable bonds is 3. The molecule has 110 valence electrons. The van der Waals surface area contributed by atoms with Crippen molar-refractivity contribution >= 4 is 5.95 Å². The Hall–Kier alpha value is -3.09. The molecule has 0 radical (unpaired) electrons. The molecule has 0 bridgehead atoms. The van der Waals surface area contributed by atoms with Crippen LogP contribution >= 0.6 is 0 Å². The molecule has 1 aromatic carbocycles. The molecule has 3 aromatic rings. The number of nitrogens with zero attached hydrogens (tertiary/aromatic N) is 3. The Bertz CT molecular complexity index is 879. The summed E-state index contributed by atoms with van der Waals surface area (Å²) < 4.78 is 27.7. The van der Waals surface area contributed by atoms with E-state index in [1.807, 2.05) is 0 Å². The molecule has 2 heterocycles. The van der Waals surface area contributed by atoms with Crippen LogP contribution in [0.1, 0.15) is 0 Å². The Morgan fingerprint density at radius 3 is 2.77 bits per heavy atom. The SMILES string of the molecule is O=c1ccccn1-c1cccc(-c2nc(NF)ncc2F)c1. The van der Waals surface area contributed by atoms with Gasteiger partial charge in [0.2, 0.25) is 0 Å². The van der Waals surface area contributed by atoms with Crippen LogP contribution in [0, 0.1) is 5.82 Å². The molecule has 2 aromatic heterocycles. The summed E-state index contributed by atoms with van der Waals surface area (Å²) in [5.74, 6) is -1.02. The number of anilines is 1. The van der Waals surface area contributed by atoms with Gasteiger partial charge in [-0.15, -0.1) is 4.48 Å². The highest BCUT2D eigenvalue weighted by atomic mass is 19.2. The van der Waals surface area contributed by atoms with Gasteiger partial charge in [-0.05, 0) is 18.2 Å². The fourth-order valence-corrected chi connectivity index (χ4v) is 2.06. The first-order chi connectivity index (χ1) is 10.7. The summed E-state index contributed by atoms with van der Waals surface area (Å²) >= 11 is 0. The summed E-state index contributed by atoms with van der Waals surface area (Å²) in [5, 5.41) is 0. The average molecular weight is 300 g/mol. The van der Waals surface area contributed by atoms with Gasteiger partial charge in [0, 0.05) is 23.5 Å². The van der Waals surface area contributed by atoms with Gasteiger partial charge in [-0.3, -0.25) is 9.36 Å². The average Bonchev–Trinajstić information content (AvgIpc) is 2.56. The Kier molecular flexibility index (Phi) is 3.61. The van der Waals surface area contributed by atoms with Crippen molar-refractivity contribution in [1.82, 2.24) is 14.5 Å². The van der Waals surface area contributed by atoms with Crippen molar-refractivity contribution in [1.29, 1.82) is 0 Å². The maximum absolute atomic E-state index is 13.9. The molecule has 0 aliphatic carbocycles. The van der Waals surface area contributed by atoms with E-state index in [0.717, 1.165) is 6.20 Å². The second kappa shape index (κ2) is 5.72. The highest BCUT2D eigenvalue weighted by molar-refractivity contribution is 5.63. The van der Waals surface area contributed by atoms with Crippen molar-refractivity contribution in [3.63, 3.8) is 0 Å². The Morgan fingerprint density at radius 2 is 2.00 bits per heavy atom. The lowest BCUT2D eigenvalue weighted by Crippen LogP contribution is -2.15. The second-order valence-corrected chi connectivity index (χ2v) is 4.44. The van der Waals surface area contributed by atoms with Crippen molar-refractivity contribution in [2.75, 3.05) is 5.54 Å². The molecule has 0 atom stereocenters. The van der Waals surface area contributed by atoms with Crippen molar-refractivity contribution in [3.05, 3.63) is 71.0 Å². The smallest absolute Gasteiger partial charge is 0.255 e. The maximum Gasteiger partial charge on any atom is 0.255 e. The van der Waals surface area contributed by atoms with Crippen LogP contribution < -0.4 is 11.1 Å². The predicted molar refractivity (Wildman–Crippen MR) is 77.8 cm³/mol. The molecule has 7 heteroatoms. The van der Waals surface area contributed by atoms with E-state index in [-0.39, 0.29) is 17.2 Å². The fourth-order valence-electron chi connectivity index (χ4n) is 2.06. The summed E-state index contributed by atoms with van der Waals surface area (Å²) in [5.41, 5.74) is 1.97. The normalized spacial score (nSPS) is 10.5. The highest BCUT2D eigenvalue weighted by Gasteiger charge is 2.10. The van der Waals surface area contributed by atoms with Gasteiger partial charge in [0.15, 0.2) is 5.82 Å². The molecular formula is C15H10F2N4O. The Labute approximate surface area is 123 Å². The van der Waals surface area contributed by atoms with Crippen molar-refractivity contribution in [2.45, 2.75) is 0 Å². The molecule has 1 N–H and O–H groups in total. The summed E-state index contributed by atoms with van der Waals surface area (Å²) in [7, 11) is 0. The van der Waals surface area contributed by atoms with Gasteiger partial charge >= 0.3 is 0 Å². The molecular weight excluding hydrogens is 290 g/mol. The van der Waals surface area contributed by atoms with E-state index >= 15 is 0 Å². The van der Waals surface area contributed by atoms with E-state index in [1.54, 1.807) is 42.6 Å². The van der Waals surface area contributed by atoms with Crippen molar-refractivity contribution in [2.24, 2.45) is 0 Å². The molecule has 0 saturated carbocycles. The molecule has 0 amide bonds. The fraction of sp³-hybridized carbons (Fsp3) is 0. The lowest BCUT2D eigenvalue weighted by atomic mass is 10.1. The van der Waals surface area contributed by atoms with Gasteiger partial charge in [-0.2, -0.15) is 5.54 Å². The summed E-state index contributed by atoms with van der Waals surface area (Å²) in [6, 6.07) is 11.3. The zero-order valence-corrected chi connectivity index (χ0v) is 11.2. The van der Waals surface area contributed by atoms with Gasteiger partial charge in [-0.25, -0.2) is 14.4 Å². The van der Waals surface area contributed by atoms with E-state index in [1.165, 1.54) is 16.2 Å². The summed E-state index contributed by atoms with van der Waals surface area (Å²) in [4.78, 5) is 19.0. The highest BCUT2D eigenvalue weighted by Crippen LogP contribution is 2.23. The second-order valence-electron chi connectivity index (χ2n) is 4.44. The molecule has 22 heavy (non-hydrogen) atoms. The minimum absolute atomic E-state index is 0.0546. The van der Waals surface area contributed by atoms with Crippen LogP contribution in [0.5, 0.6) is 0 Å². The van der Waals surface area contributed by atoms with Crippen LogP contribution in [0.25, 0.3) is 16.9 Å². The number of aromatic nitrogens is 3. The predicted octanol–water partition coefficient (Wildman–Crippen LogP) is 2.73. The number of benzene rings is 1. The minimum atomic E-state index is -0.684. The number of pyridine rings is 1. The molecule has 0 aliphatic heterocycles. The Morgan fingerprint density at radius 1 is 1.14 bits per heavy atom. The quantitative estimate of drug-likeness (QED) is 0.756. The number of halogens is 2. The van der Waals surface area contributed by atoms with Crippen LogP contribution in [-0.4, -0.2) is 14.5 Å². The van der Waals surface area contributed by atoms with Crippen molar-refractivity contribution < 1.29 is 8.87 Å². The third-order valence-electron chi connectivity index (χ3n) is 3.05. The first-order valence-corrected chi connectivity index (χ1v) is 6.37. The van der Waals surface area contributed by atoms with Gasteiger partial charge in [0.25, 0.3) is 11.5 Å². The molecule has 0 aliphatic rings. The zero-order chi connectivity index (χ0) is 15.5. The third kappa shape index (κ3) is 2.56. The van der Waals surface area contributed by atoms with E-state index in [0.29, 0.717) is 11.3 Å². The number of hydrogen-bond acceptors (Lipinski definition) is 4. The first-order valence-electron chi connectivity index (χ1n) is 6.37. The molecule has 0 saturated heterocycles. The Balaban J connectivity index is 2.13. The zero-order valence-electron chi connectivity index (χ0n) is 11.2. The topological polar surface area (TPSA) is 59.8 Å². The molecule has 0 spiro atoms. The number of hydrogen-bond donors (Lipinski definition) is 1. The van der Waals surface area contributed by atoms with E-state index in [4.69, 9.17) is 0 Å². The summed E-state index contributed by atoms with van der Waals surface area (Å²) in [6.07, 6.45) is 2.48. The van der Waals surface area contributed by atoms with Gasteiger partial charge in [0.05, 0.1) is 6.20 Å². The molecule has 3 rings (SSSR count). The van der Waals surface area contributed by atoms with Crippen LogP contribution in [0.4, 0.5) is 14.8 Å². The maximum atomic E-state index is 13.9. The third-order valence-corrected chi connectivity index (χ3v) is 3.05. The van der Waals surface area contributed by atoms with Gasteiger partial charge in [0.1, 0.15) is 5.69 Å². The monoisotopic (exact) mass is 300 g/mol. The first kappa shape index (κ1) is 13.9. The summed E-state index contributed by atoms with van der Waals surface area (Å²) in [6.45, 7) is 0. The lowest BCUT2D eigenvalue weighted by Gasteiger charge is -2.08. The molecule has 0 unspecified atom stereocenters. The van der Waals surface area contributed by atoms with Gasteiger partial charge < -0.3 is 0 Å². The van der Waals surface area contributed by atoms with E-state index < -0.39 is 5.82 Å². The van der Waals surface area contributed by atoms with E-state index in [2.05, 4.69) is 9.97 Å². The van der Waals surface area contributed by atoms with E-state index in [9.17, 15) is 13.7 Å². The minimum Gasteiger partial charge on any atom is -0.284 e. The van der Waals surface area contributed by atoms with Crippen LogP contribution in [0.3, 0.4) is 0 Å². The van der Waals surface area contributed by atoms with Crippen molar-refractivity contribution in [3.8, 4) is 16.9 Å². The largest absolute Gasteiger partial charge is 0.284 e. The van der Waals surface area contributed by atoms with Crippen LogP contribution in [0.2, 0.25) is 0 Å². The molecule has 5 nitrogen and oxygen atoms in total. The van der Waals surface area contributed by atoms with Crippen LogP contribution in [-0.2, 0) is 0 Å². The molecule has 0 fully saturated rings. The van der Waals surface area contributed by atoms with Crippen LogP contribution in [0.15, 0.2) is 59.7 Å². The lowest BCUT2D eigenvalue weighted by molar-refractivity contribution is 0.591. The number of nitrogens with one attached hydrogen (secondary N) is 1. The standard InChI is InChI=1S/C15H10F2N4O/c16-12-9-18-15(20-17)19-14(12)10-4-3-5-11(8-10)21-7-2-1-6-13(21)22/h1-9H,(H,18,19,20). The van der Waals surface area contributed by atoms with Gasteiger partial charge in [-0.1, -0.05) is 18.2 Å².